The Hall–Kier alpha value is 0. The molecule has 0 saturated heterocycles. The number of rotatable bonds is 6. The Labute approximate surface area is 119 Å². The molecule has 0 N–H and O–H groups in total. The van der Waals surface area contributed by atoms with Gasteiger partial charge in [0.05, 0.1) is 0 Å². The maximum absolute atomic E-state index is 2.40. The minimum Gasteiger partial charge on any atom is -0.0683 e. The zero-order valence-electron chi connectivity index (χ0n) is 15.1. The zero-order chi connectivity index (χ0) is 15.1. The Bertz CT molecular complexity index is 123. The second-order valence-electron chi connectivity index (χ2n) is 6.19. The van der Waals surface area contributed by atoms with E-state index in [2.05, 4.69) is 55.4 Å². The van der Waals surface area contributed by atoms with Gasteiger partial charge in [0.25, 0.3) is 0 Å². The molecule has 0 aromatic heterocycles. The molecule has 114 valence electrons. The Morgan fingerprint density at radius 3 is 1.28 bits per heavy atom. The molecule has 3 unspecified atom stereocenters. The average Bonchev–Trinajstić information content (AvgIpc) is 2.36. The Kier molecular flexibility index (Phi) is 21.8. The summed E-state index contributed by atoms with van der Waals surface area (Å²) in [4.78, 5) is 0. The van der Waals surface area contributed by atoms with Crippen LogP contribution in [0, 0.1) is 23.7 Å². The molecule has 0 amide bonds. The van der Waals surface area contributed by atoms with E-state index in [1.807, 2.05) is 13.8 Å². The zero-order valence-corrected chi connectivity index (χ0v) is 15.1. The van der Waals surface area contributed by atoms with Gasteiger partial charge in [-0.25, -0.2) is 0 Å². The van der Waals surface area contributed by atoms with Gasteiger partial charge in [-0.15, -0.1) is 0 Å². The molecular formula is C18H42. The molecule has 0 aromatic carbocycles. The maximum Gasteiger partial charge on any atom is -0.0417 e. The first-order valence-corrected chi connectivity index (χ1v) is 8.34. The summed E-state index contributed by atoms with van der Waals surface area (Å²) in [5, 5.41) is 0. The molecular weight excluding hydrogens is 216 g/mol. The predicted octanol–water partition coefficient (Wildman–Crippen LogP) is 7.18. The summed E-state index contributed by atoms with van der Waals surface area (Å²) in [6, 6.07) is 0. The topological polar surface area (TPSA) is 0 Å². The summed E-state index contributed by atoms with van der Waals surface area (Å²) in [5.41, 5.74) is 0. The van der Waals surface area contributed by atoms with E-state index in [4.69, 9.17) is 0 Å². The summed E-state index contributed by atoms with van der Waals surface area (Å²) >= 11 is 0. The fourth-order valence-corrected chi connectivity index (χ4v) is 1.44. The summed E-state index contributed by atoms with van der Waals surface area (Å²) in [6.07, 6.45) is 5.51. The van der Waals surface area contributed by atoms with Gasteiger partial charge in [0, 0.05) is 0 Å². The van der Waals surface area contributed by atoms with E-state index in [0.717, 1.165) is 23.7 Å². The van der Waals surface area contributed by atoms with E-state index in [-0.39, 0.29) is 0 Å². The van der Waals surface area contributed by atoms with Crippen molar-refractivity contribution in [2.24, 2.45) is 23.7 Å². The van der Waals surface area contributed by atoms with E-state index in [9.17, 15) is 0 Å². The van der Waals surface area contributed by atoms with E-state index < -0.39 is 0 Å². The van der Waals surface area contributed by atoms with Crippen molar-refractivity contribution in [2.75, 3.05) is 0 Å². The lowest BCUT2D eigenvalue weighted by Gasteiger charge is -2.19. The van der Waals surface area contributed by atoms with Crippen LogP contribution in [0.25, 0.3) is 0 Å². The van der Waals surface area contributed by atoms with Crippen molar-refractivity contribution in [1.29, 1.82) is 0 Å². The van der Waals surface area contributed by atoms with Gasteiger partial charge in [0.2, 0.25) is 0 Å². The minimum absolute atomic E-state index is 0.833. The third-order valence-electron chi connectivity index (χ3n) is 3.43. The summed E-state index contributed by atoms with van der Waals surface area (Å²) < 4.78 is 0. The predicted molar refractivity (Wildman–Crippen MR) is 89.2 cm³/mol. The first kappa shape index (κ1) is 23.1. The molecule has 0 aliphatic rings. The lowest BCUT2D eigenvalue weighted by atomic mass is 9.87. The SMILES string of the molecule is CC.CC(C)C.CCC(C)CCC(C)C(C)CC. The first-order chi connectivity index (χ1) is 8.34. The fraction of sp³-hybridized carbons (Fsp3) is 1.00. The van der Waals surface area contributed by atoms with Crippen molar-refractivity contribution in [3.63, 3.8) is 0 Å². The highest BCUT2D eigenvalue weighted by molar-refractivity contribution is 4.62. The maximum atomic E-state index is 2.40. The summed E-state index contributed by atoms with van der Waals surface area (Å²) in [7, 11) is 0. The monoisotopic (exact) mass is 258 g/mol. The second kappa shape index (κ2) is 17.0. The molecule has 0 heteroatoms. The van der Waals surface area contributed by atoms with Crippen LogP contribution in [0.1, 0.15) is 94.9 Å². The molecule has 0 rings (SSSR count). The van der Waals surface area contributed by atoms with Gasteiger partial charge in [0.15, 0.2) is 0 Å². The van der Waals surface area contributed by atoms with Crippen molar-refractivity contribution in [3.8, 4) is 0 Å². The first-order valence-electron chi connectivity index (χ1n) is 8.34. The van der Waals surface area contributed by atoms with E-state index in [0.29, 0.717) is 0 Å². The molecule has 3 atom stereocenters. The highest BCUT2D eigenvalue weighted by atomic mass is 14.2. The normalized spacial score (nSPS) is 14.8. The molecule has 0 spiro atoms. The van der Waals surface area contributed by atoms with Crippen LogP contribution in [0.2, 0.25) is 0 Å². The summed E-state index contributed by atoms with van der Waals surface area (Å²) in [6.45, 7) is 22.2. The minimum atomic E-state index is 0.833. The van der Waals surface area contributed by atoms with Crippen molar-refractivity contribution < 1.29 is 0 Å². The van der Waals surface area contributed by atoms with Gasteiger partial charge in [-0.1, -0.05) is 94.9 Å². The van der Waals surface area contributed by atoms with E-state index in [1.54, 1.807) is 0 Å². The lowest BCUT2D eigenvalue weighted by molar-refractivity contribution is 0.322. The largest absolute Gasteiger partial charge is 0.0683 e. The van der Waals surface area contributed by atoms with Gasteiger partial charge in [-0.2, -0.15) is 0 Å². The van der Waals surface area contributed by atoms with Crippen molar-refractivity contribution in [3.05, 3.63) is 0 Å². The molecule has 0 fully saturated rings. The second-order valence-corrected chi connectivity index (χ2v) is 6.19. The van der Waals surface area contributed by atoms with Gasteiger partial charge in [-0.3, -0.25) is 0 Å². The van der Waals surface area contributed by atoms with E-state index >= 15 is 0 Å². The van der Waals surface area contributed by atoms with Gasteiger partial charge < -0.3 is 0 Å². The highest BCUT2D eigenvalue weighted by Crippen LogP contribution is 2.22. The number of hydrogen-bond acceptors (Lipinski definition) is 0. The molecule has 18 heavy (non-hydrogen) atoms. The van der Waals surface area contributed by atoms with Crippen LogP contribution >= 0.6 is 0 Å². The van der Waals surface area contributed by atoms with Crippen LogP contribution in [0.5, 0.6) is 0 Å². The molecule has 0 radical (unpaired) electrons. The van der Waals surface area contributed by atoms with Crippen molar-refractivity contribution >= 4 is 0 Å². The molecule has 0 nitrogen and oxygen atoms in total. The molecule has 0 aliphatic heterocycles. The summed E-state index contributed by atoms with van der Waals surface area (Å²) in [5.74, 6) is 3.59. The quantitative estimate of drug-likeness (QED) is 0.473. The van der Waals surface area contributed by atoms with Crippen LogP contribution in [-0.4, -0.2) is 0 Å². The Balaban J connectivity index is -0.000000317. The Morgan fingerprint density at radius 2 is 1.00 bits per heavy atom. The van der Waals surface area contributed by atoms with Crippen LogP contribution < -0.4 is 0 Å². The third-order valence-corrected chi connectivity index (χ3v) is 3.43. The van der Waals surface area contributed by atoms with Gasteiger partial charge >= 0.3 is 0 Å². The van der Waals surface area contributed by atoms with Crippen molar-refractivity contribution in [1.82, 2.24) is 0 Å². The van der Waals surface area contributed by atoms with E-state index in [1.165, 1.54) is 25.7 Å². The van der Waals surface area contributed by atoms with Crippen LogP contribution in [-0.2, 0) is 0 Å². The van der Waals surface area contributed by atoms with Gasteiger partial charge in [0.1, 0.15) is 0 Å². The Morgan fingerprint density at radius 1 is 0.611 bits per heavy atom. The lowest BCUT2D eigenvalue weighted by Crippen LogP contribution is -2.08. The smallest absolute Gasteiger partial charge is 0.0417 e. The highest BCUT2D eigenvalue weighted by Gasteiger charge is 2.10. The van der Waals surface area contributed by atoms with Gasteiger partial charge in [-0.05, 0) is 23.7 Å². The standard InChI is InChI=1S/C12H26.C4H10.C2H6/c1-6-10(3)8-9-12(5)11(4)7-2;1-4(2)3;1-2/h10-12H,6-9H2,1-5H3;4H,1-3H3;1-2H3. The van der Waals surface area contributed by atoms with Crippen molar-refractivity contribution in [2.45, 2.75) is 94.9 Å². The average molecular weight is 259 g/mol. The van der Waals surface area contributed by atoms with Crippen LogP contribution in [0.3, 0.4) is 0 Å². The van der Waals surface area contributed by atoms with Crippen LogP contribution in [0.4, 0.5) is 0 Å². The number of hydrogen-bond donors (Lipinski definition) is 0. The third kappa shape index (κ3) is 21.3. The fourth-order valence-electron chi connectivity index (χ4n) is 1.44. The van der Waals surface area contributed by atoms with Crippen LogP contribution in [0.15, 0.2) is 0 Å². The molecule has 0 saturated carbocycles. The molecule has 0 aliphatic carbocycles. The molecule has 0 aromatic rings. The molecule has 0 heterocycles. The molecule has 0 bridgehead atoms.